The number of halogens is 1. The van der Waals surface area contributed by atoms with Crippen LogP contribution in [-0.2, 0) is 21.2 Å². The molecule has 9 heteroatoms. The minimum absolute atomic E-state index is 0.0491. The maximum atomic E-state index is 12.8. The van der Waals surface area contributed by atoms with Crippen LogP contribution in [-0.4, -0.2) is 51.5 Å². The van der Waals surface area contributed by atoms with Crippen LogP contribution >= 0.6 is 22.9 Å². The summed E-state index contributed by atoms with van der Waals surface area (Å²) in [7, 11) is -3.76. The fourth-order valence-corrected chi connectivity index (χ4v) is 5.24. The topological polar surface area (TPSA) is 75.7 Å². The van der Waals surface area contributed by atoms with Crippen molar-refractivity contribution in [1.82, 2.24) is 9.62 Å². The second-order valence-electron chi connectivity index (χ2n) is 5.75. The van der Waals surface area contributed by atoms with Gasteiger partial charge in [0.2, 0.25) is 10.0 Å². The molecule has 26 heavy (non-hydrogen) atoms. The Morgan fingerprint density at radius 3 is 2.73 bits per heavy atom. The molecule has 1 aliphatic rings. The van der Waals surface area contributed by atoms with Crippen molar-refractivity contribution in [3.05, 3.63) is 51.2 Å². The van der Waals surface area contributed by atoms with Gasteiger partial charge >= 0.3 is 0 Å². The summed E-state index contributed by atoms with van der Waals surface area (Å²) in [6.07, 6.45) is 0.732. The van der Waals surface area contributed by atoms with E-state index >= 15 is 0 Å². The Morgan fingerprint density at radius 2 is 2.04 bits per heavy atom. The summed E-state index contributed by atoms with van der Waals surface area (Å²) in [4.78, 5) is 13.5. The standard InChI is InChI=1S/C17H19ClN2O4S2/c18-15-4-3-13(17(21)19-6-5-14-2-1-11-25-14)12-16(15)26(22,23)20-7-9-24-10-8-20/h1-4,11-12H,5-10H2,(H,19,21). The van der Waals surface area contributed by atoms with Crippen molar-refractivity contribution < 1.29 is 17.9 Å². The Bertz CT molecular complexity index is 863. The predicted octanol–water partition coefficient (Wildman–Crippen LogP) is 2.39. The number of benzene rings is 1. The van der Waals surface area contributed by atoms with Gasteiger partial charge in [-0.2, -0.15) is 4.31 Å². The number of nitrogens with zero attached hydrogens (tertiary/aromatic N) is 1. The number of thiophene rings is 1. The molecule has 0 saturated carbocycles. The van der Waals surface area contributed by atoms with E-state index in [0.717, 1.165) is 6.42 Å². The van der Waals surface area contributed by atoms with Gasteiger partial charge in [-0.3, -0.25) is 4.79 Å². The number of rotatable bonds is 6. The molecule has 1 N–H and O–H groups in total. The zero-order valence-electron chi connectivity index (χ0n) is 14.0. The van der Waals surface area contributed by atoms with Crippen molar-refractivity contribution in [3.8, 4) is 0 Å². The number of ether oxygens (including phenoxy) is 1. The Morgan fingerprint density at radius 1 is 1.27 bits per heavy atom. The number of morpholine rings is 1. The minimum Gasteiger partial charge on any atom is -0.379 e. The average Bonchev–Trinajstić information content (AvgIpc) is 3.16. The lowest BCUT2D eigenvalue weighted by Gasteiger charge is -2.26. The van der Waals surface area contributed by atoms with Crippen LogP contribution in [0.3, 0.4) is 0 Å². The molecule has 140 valence electrons. The van der Waals surface area contributed by atoms with Gasteiger partial charge < -0.3 is 10.1 Å². The molecule has 2 aromatic rings. The highest BCUT2D eigenvalue weighted by Crippen LogP contribution is 2.26. The van der Waals surface area contributed by atoms with Gasteiger partial charge in [0.05, 0.1) is 18.2 Å². The third-order valence-electron chi connectivity index (χ3n) is 4.02. The van der Waals surface area contributed by atoms with Gasteiger partial charge in [-0.05, 0) is 36.1 Å². The van der Waals surface area contributed by atoms with Gasteiger partial charge in [0, 0.05) is 30.1 Å². The van der Waals surface area contributed by atoms with Gasteiger partial charge in [0.15, 0.2) is 0 Å². The van der Waals surface area contributed by atoms with E-state index < -0.39 is 10.0 Å². The molecule has 1 saturated heterocycles. The fourth-order valence-electron chi connectivity index (χ4n) is 2.62. The number of sulfonamides is 1. The molecule has 3 rings (SSSR count). The van der Waals surface area contributed by atoms with Gasteiger partial charge in [0.25, 0.3) is 5.91 Å². The molecule has 1 aliphatic heterocycles. The highest BCUT2D eigenvalue weighted by Gasteiger charge is 2.29. The zero-order valence-corrected chi connectivity index (χ0v) is 16.4. The lowest BCUT2D eigenvalue weighted by atomic mass is 10.2. The molecule has 0 unspecified atom stereocenters. The maximum absolute atomic E-state index is 12.8. The fraction of sp³-hybridized carbons (Fsp3) is 0.353. The molecule has 2 heterocycles. The molecule has 0 bridgehead atoms. The first kappa shape index (κ1) is 19.3. The largest absolute Gasteiger partial charge is 0.379 e. The molecule has 0 radical (unpaired) electrons. The van der Waals surface area contributed by atoms with Crippen LogP contribution in [0.4, 0.5) is 0 Å². The van der Waals surface area contributed by atoms with E-state index in [2.05, 4.69) is 5.32 Å². The molecule has 6 nitrogen and oxygen atoms in total. The highest BCUT2D eigenvalue weighted by molar-refractivity contribution is 7.89. The quantitative estimate of drug-likeness (QED) is 0.787. The van der Waals surface area contributed by atoms with Crippen LogP contribution in [0.25, 0.3) is 0 Å². The third kappa shape index (κ3) is 4.44. The molecular weight excluding hydrogens is 396 g/mol. The molecule has 0 aliphatic carbocycles. The van der Waals surface area contributed by atoms with E-state index in [1.54, 1.807) is 11.3 Å². The van der Waals surface area contributed by atoms with Crippen molar-refractivity contribution in [2.45, 2.75) is 11.3 Å². The summed E-state index contributed by atoms with van der Waals surface area (Å²) in [6, 6.07) is 8.29. The number of carbonyl (C=O) groups is 1. The molecule has 1 amide bonds. The van der Waals surface area contributed by atoms with Crippen molar-refractivity contribution in [2.24, 2.45) is 0 Å². The minimum atomic E-state index is -3.76. The second-order valence-corrected chi connectivity index (χ2v) is 9.09. The molecule has 0 spiro atoms. The van der Waals surface area contributed by atoms with E-state index in [1.807, 2.05) is 17.5 Å². The molecule has 1 aromatic carbocycles. The van der Waals surface area contributed by atoms with E-state index in [9.17, 15) is 13.2 Å². The first-order valence-corrected chi connectivity index (χ1v) is 10.9. The smallest absolute Gasteiger partial charge is 0.251 e. The molecule has 0 atom stereocenters. The van der Waals surface area contributed by atoms with Crippen molar-refractivity contribution in [2.75, 3.05) is 32.8 Å². The Labute approximate surface area is 161 Å². The van der Waals surface area contributed by atoms with Crippen LogP contribution in [0.5, 0.6) is 0 Å². The molecule has 1 fully saturated rings. The van der Waals surface area contributed by atoms with E-state index in [0.29, 0.717) is 19.8 Å². The number of amides is 1. The highest BCUT2D eigenvalue weighted by atomic mass is 35.5. The Balaban J connectivity index is 1.73. The summed E-state index contributed by atoms with van der Waals surface area (Å²) in [6.45, 7) is 1.72. The van der Waals surface area contributed by atoms with Crippen molar-refractivity contribution >= 4 is 38.9 Å². The summed E-state index contributed by atoms with van der Waals surface area (Å²) in [5.74, 6) is -0.323. The van der Waals surface area contributed by atoms with Gasteiger partial charge in [0.1, 0.15) is 4.90 Å². The number of hydrogen-bond acceptors (Lipinski definition) is 5. The Kier molecular flexibility index (Phi) is 6.31. The van der Waals surface area contributed by atoms with E-state index in [4.69, 9.17) is 16.3 Å². The second kappa shape index (κ2) is 8.49. The first-order valence-electron chi connectivity index (χ1n) is 8.16. The SMILES string of the molecule is O=C(NCCc1cccs1)c1ccc(Cl)c(S(=O)(=O)N2CCOCC2)c1. The third-order valence-corrected chi connectivity index (χ3v) is 7.33. The average molecular weight is 415 g/mol. The number of nitrogens with one attached hydrogen (secondary N) is 1. The van der Waals surface area contributed by atoms with Crippen LogP contribution in [0, 0.1) is 0 Å². The molecular formula is C17H19ClN2O4S2. The lowest BCUT2D eigenvalue weighted by molar-refractivity contribution is 0.0730. The summed E-state index contributed by atoms with van der Waals surface area (Å²) in [5.41, 5.74) is 0.271. The van der Waals surface area contributed by atoms with Crippen LogP contribution in [0.2, 0.25) is 5.02 Å². The summed E-state index contributed by atoms with van der Waals surface area (Å²) in [5, 5.41) is 4.90. The number of carbonyl (C=O) groups excluding carboxylic acids is 1. The Hall–Kier alpha value is -1.45. The van der Waals surface area contributed by atoms with Gasteiger partial charge in [-0.1, -0.05) is 17.7 Å². The van der Waals surface area contributed by atoms with Crippen LogP contribution in [0.1, 0.15) is 15.2 Å². The first-order chi connectivity index (χ1) is 12.5. The van der Waals surface area contributed by atoms with Crippen LogP contribution < -0.4 is 5.32 Å². The maximum Gasteiger partial charge on any atom is 0.251 e. The number of hydrogen-bond donors (Lipinski definition) is 1. The zero-order chi connectivity index (χ0) is 18.6. The van der Waals surface area contributed by atoms with Crippen LogP contribution in [0.15, 0.2) is 40.6 Å². The monoisotopic (exact) mass is 414 g/mol. The van der Waals surface area contributed by atoms with Gasteiger partial charge in [-0.25, -0.2) is 8.42 Å². The summed E-state index contributed by atoms with van der Waals surface area (Å²) < 4.78 is 32.1. The lowest BCUT2D eigenvalue weighted by Crippen LogP contribution is -2.40. The van der Waals surface area contributed by atoms with Crippen molar-refractivity contribution in [3.63, 3.8) is 0 Å². The normalized spacial score (nSPS) is 15.7. The molecule has 1 aromatic heterocycles. The predicted molar refractivity (Wildman–Crippen MR) is 101 cm³/mol. The van der Waals surface area contributed by atoms with Gasteiger partial charge in [-0.15, -0.1) is 11.3 Å². The summed E-state index contributed by atoms with van der Waals surface area (Å²) >= 11 is 7.74. The van der Waals surface area contributed by atoms with E-state index in [-0.39, 0.29) is 34.5 Å². The van der Waals surface area contributed by atoms with Crippen molar-refractivity contribution in [1.29, 1.82) is 0 Å². The van der Waals surface area contributed by atoms with E-state index in [1.165, 1.54) is 27.4 Å².